The Bertz CT molecular complexity index is 1360. The first-order valence-corrected chi connectivity index (χ1v) is 14.1. The van der Waals surface area contributed by atoms with Gasteiger partial charge in [0.1, 0.15) is 24.2 Å². The molecule has 1 N–H and O–H groups in total. The molecule has 0 aromatic heterocycles. The molecule has 10 heteroatoms. The Balaban J connectivity index is 2.04. The van der Waals surface area contributed by atoms with Gasteiger partial charge >= 0.3 is 0 Å². The van der Waals surface area contributed by atoms with Crippen LogP contribution < -0.4 is 14.4 Å². The molecule has 0 unspecified atom stereocenters. The number of hydrogen-bond donors (Lipinski definition) is 1. The van der Waals surface area contributed by atoms with Crippen LogP contribution in [-0.2, 0) is 26.2 Å². The van der Waals surface area contributed by atoms with Crippen LogP contribution in [-0.4, -0.2) is 51.4 Å². The molecule has 0 saturated heterocycles. The average Bonchev–Trinajstić information content (AvgIpc) is 2.92. The largest absolute Gasteiger partial charge is 0.497 e. The fourth-order valence-corrected chi connectivity index (χ4v) is 5.53. The SMILES string of the molecule is CCNC(=O)[C@@H](CC)N(Cc1ccc(OC)cc1)C(=O)CN(c1ccc(F)cc1)S(=O)(=O)c1ccc(C)cc1. The fourth-order valence-electron chi connectivity index (χ4n) is 4.11. The minimum atomic E-state index is -4.21. The number of ether oxygens (including phenoxy) is 1. The molecule has 0 spiro atoms. The Morgan fingerprint density at radius 1 is 0.949 bits per heavy atom. The first-order chi connectivity index (χ1) is 18.6. The number of amides is 2. The third kappa shape index (κ3) is 7.35. The maximum Gasteiger partial charge on any atom is 0.264 e. The van der Waals surface area contributed by atoms with Crippen LogP contribution in [0.5, 0.6) is 5.75 Å². The van der Waals surface area contributed by atoms with Gasteiger partial charge in [-0.05, 0) is 74.4 Å². The lowest BCUT2D eigenvalue weighted by molar-refractivity contribution is -0.140. The van der Waals surface area contributed by atoms with Crippen molar-refractivity contribution in [2.75, 3.05) is 24.5 Å². The van der Waals surface area contributed by atoms with Gasteiger partial charge in [0, 0.05) is 13.1 Å². The standard InChI is InChI=1S/C29H34FN3O5S/c1-5-27(29(35)31-6-2)32(19-22-9-15-25(38-4)16-10-22)28(34)20-33(24-13-11-23(30)12-14-24)39(36,37)26-17-7-21(3)8-18-26/h7-18,27H,5-6,19-20H2,1-4H3,(H,31,35)/t27-/m1/s1. The Morgan fingerprint density at radius 2 is 1.56 bits per heavy atom. The molecule has 1 atom stereocenters. The lowest BCUT2D eigenvalue weighted by Gasteiger charge is -2.33. The highest BCUT2D eigenvalue weighted by Gasteiger charge is 2.33. The third-order valence-electron chi connectivity index (χ3n) is 6.25. The Kier molecular flexibility index (Phi) is 10.1. The molecule has 0 bridgehead atoms. The van der Waals surface area contributed by atoms with E-state index >= 15 is 0 Å². The van der Waals surface area contributed by atoms with Crippen LogP contribution in [0, 0.1) is 12.7 Å². The highest BCUT2D eigenvalue weighted by atomic mass is 32.2. The van der Waals surface area contributed by atoms with Crippen molar-refractivity contribution < 1.29 is 27.1 Å². The molecule has 0 aliphatic carbocycles. The third-order valence-corrected chi connectivity index (χ3v) is 8.04. The maximum absolute atomic E-state index is 13.9. The van der Waals surface area contributed by atoms with Crippen molar-refractivity contribution >= 4 is 27.5 Å². The van der Waals surface area contributed by atoms with Crippen LogP contribution in [0.2, 0.25) is 0 Å². The van der Waals surface area contributed by atoms with Crippen molar-refractivity contribution in [3.63, 3.8) is 0 Å². The minimum Gasteiger partial charge on any atom is -0.497 e. The van der Waals surface area contributed by atoms with Gasteiger partial charge in [0.05, 0.1) is 17.7 Å². The molecule has 0 fully saturated rings. The Morgan fingerprint density at radius 3 is 2.10 bits per heavy atom. The van der Waals surface area contributed by atoms with Crippen molar-refractivity contribution in [2.45, 2.75) is 44.7 Å². The van der Waals surface area contributed by atoms with Crippen LogP contribution in [0.4, 0.5) is 10.1 Å². The first kappa shape index (κ1) is 29.6. The molecule has 8 nitrogen and oxygen atoms in total. The van der Waals surface area contributed by atoms with E-state index in [0.29, 0.717) is 18.7 Å². The molecule has 0 saturated carbocycles. The van der Waals surface area contributed by atoms with E-state index in [1.807, 2.05) is 6.92 Å². The van der Waals surface area contributed by atoms with Gasteiger partial charge in [-0.25, -0.2) is 12.8 Å². The average molecular weight is 556 g/mol. The van der Waals surface area contributed by atoms with Crippen LogP contribution in [0.3, 0.4) is 0 Å². The predicted molar refractivity (Wildman–Crippen MR) is 148 cm³/mol. The fraction of sp³-hybridized carbons (Fsp3) is 0.310. The van der Waals surface area contributed by atoms with Crippen LogP contribution >= 0.6 is 0 Å². The van der Waals surface area contributed by atoms with Gasteiger partial charge in [0.15, 0.2) is 0 Å². The number of sulfonamides is 1. The highest BCUT2D eigenvalue weighted by molar-refractivity contribution is 7.92. The van der Waals surface area contributed by atoms with Gasteiger partial charge in [0.2, 0.25) is 11.8 Å². The summed E-state index contributed by atoms with van der Waals surface area (Å²) in [6, 6.07) is 17.4. The van der Waals surface area contributed by atoms with E-state index in [-0.39, 0.29) is 23.0 Å². The van der Waals surface area contributed by atoms with E-state index in [1.165, 1.54) is 29.2 Å². The molecule has 0 heterocycles. The number of methoxy groups -OCH3 is 1. The van der Waals surface area contributed by atoms with E-state index < -0.39 is 34.3 Å². The quantitative estimate of drug-likeness (QED) is 0.360. The van der Waals surface area contributed by atoms with Crippen molar-refractivity contribution in [1.82, 2.24) is 10.2 Å². The van der Waals surface area contributed by atoms with Crippen molar-refractivity contribution in [3.05, 3.63) is 89.7 Å². The van der Waals surface area contributed by atoms with Crippen molar-refractivity contribution in [2.24, 2.45) is 0 Å². The molecular formula is C29H34FN3O5S. The summed E-state index contributed by atoms with van der Waals surface area (Å²) in [5.74, 6) is -0.819. The number of carbonyl (C=O) groups excluding carboxylic acids is 2. The summed E-state index contributed by atoms with van der Waals surface area (Å²) in [5, 5.41) is 2.76. The van der Waals surface area contributed by atoms with Crippen LogP contribution in [0.15, 0.2) is 77.7 Å². The van der Waals surface area contributed by atoms with Gasteiger partial charge in [-0.2, -0.15) is 0 Å². The van der Waals surface area contributed by atoms with E-state index in [9.17, 15) is 22.4 Å². The summed E-state index contributed by atoms with van der Waals surface area (Å²) < 4.78 is 47.4. The number of carbonyl (C=O) groups is 2. The van der Waals surface area contributed by atoms with Crippen molar-refractivity contribution in [3.8, 4) is 5.75 Å². The van der Waals surface area contributed by atoms with Gasteiger partial charge < -0.3 is 15.0 Å². The lowest BCUT2D eigenvalue weighted by atomic mass is 10.1. The normalized spacial score (nSPS) is 11.9. The Labute approximate surface area is 229 Å². The molecule has 0 radical (unpaired) electrons. The number of hydrogen-bond acceptors (Lipinski definition) is 5. The number of benzene rings is 3. The summed E-state index contributed by atoms with van der Waals surface area (Å²) in [6.45, 7) is 5.26. The smallest absolute Gasteiger partial charge is 0.264 e. The lowest BCUT2D eigenvalue weighted by Crippen LogP contribution is -2.52. The first-order valence-electron chi connectivity index (χ1n) is 12.7. The second kappa shape index (κ2) is 13.2. The Hall–Kier alpha value is -3.92. The predicted octanol–water partition coefficient (Wildman–Crippen LogP) is 4.28. The van der Waals surface area contributed by atoms with E-state index in [2.05, 4.69) is 5.32 Å². The van der Waals surface area contributed by atoms with Gasteiger partial charge in [-0.15, -0.1) is 0 Å². The molecule has 208 valence electrons. The number of nitrogens with one attached hydrogen (secondary N) is 1. The van der Waals surface area contributed by atoms with Crippen LogP contribution in [0.25, 0.3) is 0 Å². The van der Waals surface area contributed by atoms with E-state index in [1.54, 1.807) is 57.4 Å². The second-order valence-electron chi connectivity index (χ2n) is 8.99. The number of anilines is 1. The summed E-state index contributed by atoms with van der Waals surface area (Å²) in [4.78, 5) is 28.2. The zero-order valence-electron chi connectivity index (χ0n) is 22.6. The molecule has 39 heavy (non-hydrogen) atoms. The monoisotopic (exact) mass is 555 g/mol. The van der Waals surface area contributed by atoms with Gasteiger partial charge in [-0.3, -0.25) is 13.9 Å². The minimum absolute atomic E-state index is 0.0114. The van der Waals surface area contributed by atoms with Gasteiger partial charge in [-0.1, -0.05) is 36.8 Å². The molecular weight excluding hydrogens is 521 g/mol. The zero-order chi connectivity index (χ0) is 28.6. The molecule has 3 rings (SSSR count). The molecule has 3 aromatic carbocycles. The van der Waals surface area contributed by atoms with E-state index in [4.69, 9.17) is 4.74 Å². The number of likely N-dealkylation sites (N-methyl/N-ethyl adjacent to an activating group) is 1. The summed E-state index contributed by atoms with van der Waals surface area (Å²) in [5.41, 5.74) is 1.74. The number of rotatable bonds is 12. The van der Waals surface area contributed by atoms with Crippen molar-refractivity contribution in [1.29, 1.82) is 0 Å². The summed E-state index contributed by atoms with van der Waals surface area (Å²) in [6.07, 6.45) is 0.314. The molecule has 0 aliphatic rings. The van der Waals surface area contributed by atoms with E-state index in [0.717, 1.165) is 27.6 Å². The second-order valence-corrected chi connectivity index (χ2v) is 10.9. The topological polar surface area (TPSA) is 96.0 Å². The number of aryl methyl sites for hydroxylation is 1. The highest BCUT2D eigenvalue weighted by Crippen LogP contribution is 2.25. The molecule has 0 aliphatic heterocycles. The number of halogens is 1. The van der Waals surface area contributed by atoms with Crippen LogP contribution in [0.1, 0.15) is 31.4 Å². The molecule has 3 aromatic rings. The maximum atomic E-state index is 13.9. The summed E-state index contributed by atoms with van der Waals surface area (Å²) >= 11 is 0. The van der Waals surface area contributed by atoms with Gasteiger partial charge in [0.25, 0.3) is 10.0 Å². The summed E-state index contributed by atoms with van der Waals surface area (Å²) in [7, 11) is -2.66. The molecule has 2 amide bonds. The zero-order valence-corrected chi connectivity index (χ0v) is 23.4. The number of nitrogens with zero attached hydrogens (tertiary/aromatic N) is 2.